The molecule has 2 aromatic heterocycles. The Morgan fingerprint density at radius 1 is 1.18 bits per heavy atom. The summed E-state index contributed by atoms with van der Waals surface area (Å²) in [4.78, 5) is 55.6. The number of amides is 2. The number of nitrogens with one attached hydrogen (secondary N) is 1. The molecule has 2 amide bonds. The number of carbonyl (C=O) groups is 2. The highest BCUT2D eigenvalue weighted by atomic mass is 16.6. The van der Waals surface area contributed by atoms with Gasteiger partial charge in [-0.2, -0.15) is 0 Å². The fourth-order valence-corrected chi connectivity index (χ4v) is 4.17. The van der Waals surface area contributed by atoms with Gasteiger partial charge >= 0.3 is 11.8 Å². The zero-order valence-corrected chi connectivity index (χ0v) is 20.1. The third-order valence-electron chi connectivity index (χ3n) is 5.84. The summed E-state index contributed by atoms with van der Waals surface area (Å²) >= 11 is 0. The van der Waals surface area contributed by atoms with E-state index in [-0.39, 0.29) is 11.9 Å². The van der Waals surface area contributed by atoms with E-state index in [2.05, 4.69) is 10.3 Å². The fourth-order valence-electron chi connectivity index (χ4n) is 4.17. The molecule has 2 aromatic rings. The Balaban J connectivity index is 1.60. The van der Waals surface area contributed by atoms with Crippen LogP contribution >= 0.6 is 0 Å². The summed E-state index contributed by atoms with van der Waals surface area (Å²) in [6.07, 6.45) is 4.66. The number of hydrogen-bond donors (Lipinski definition) is 1. The fraction of sp³-hybridized carbons (Fsp3) is 0.682. The first-order chi connectivity index (χ1) is 15.5. The third kappa shape index (κ3) is 5.63. The van der Waals surface area contributed by atoms with Crippen molar-refractivity contribution >= 4 is 23.2 Å². The second kappa shape index (κ2) is 9.80. The van der Waals surface area contributed by atoms with Gasteiger partial charge in [0.25, 0.3) is 5.56 Å². The van der Waals surface area contributed by atoms with Crippen LogP contribution in [0.5, 0.6) is 0 Å². The van der Waals surface area contributed by atoms with Gasteiger partial charge in [-0.25, -0.2) is 14.6 Å². The van der Waals surface area contributed by atoms with Crippen LogP contribution in [-0.4, -0.2) is 60.3 Å². The number of nitrogens with zero attached hydrogens (tertiary/aromatic N) is 5. The Bertz CT molecular complexity index is 1140. The molecule has 1 aliphatic rings. The smallest absolute Gasteiger partial charge is 0.407 e. The third-order valence-corrected chi connectivity index (χ3v) is 5.84. The first-order valence-corrected chi connectivity index (χ1v) is 11.4. The molecule has 1 N–H and O–H groups in total. The van der Waals surface area contributed by atoms with Crippen LogP contribution in [0.25, 0.3) is 11.2 Å². The minimum Gasteiger partial charge on any atom is -0.444 e. The van der Waals surface area contributed by atoms with E-state index in [1.807, 2.05) is 25.7 Å². The predicted molar refractivity (Wildman–Crippen MR) is 123 cm³/mol. The molecule has 3 heterocycles. The molecule has 3 rings (SSSR count). The van der Waals surface area contributed by atoms with Crippen molar-refractivity contribution in [3.8, 4) is 0 Å². The van der Waals surface area contributed by atoms with E-state index in [0.29, 0.717) is 43.6 Å². The van der Waals surface area contributed by atoms with Crippen molar-refractivity contribution in [3.05, 3.63) is 27.2 Å². The van der Waals surface area contributed by atoms with Crippen molar-refractivity contribution in [2.75, 3.05) is 13.1 Å². The molecule has 0 spiro atoms. The number of hydrogen-bond acceptors (Lipinski definition) is 6. The number of aryl methyl sites for hydroxylation is 2. The molecule has 11 heteroatoms. The number of imidazole rings is 1. The average molecular weight is 463 g/mol. The number of carbonyl (C=O) groups excluding carboxylic acids is 2. The molecule has 33 heavy (non-hydrogen) atoms. The maximum Gasteiger partial charge on any atom is 0.407 e. The van der Waals surface area contributed by atoms with Crippen molar-refractivity contribution in [1.29, 1.82) is 0 Å². The lowest BCUT2D eigenvalue weighted by molar-refractivity contribution is -0.134. The topological polar surface area (TPSA) is 120 Å². The van der Waals surface area contributed by atoms with Gasteiger partial charge < -0.3 is 19.5 Å². The van der Waals surface area contributed by atoms with Crippen molar-refractivity contribution in [2.45, 2.75) is 71.1 Å². The summed E-state index contributed by atoms with van der Waals surface area (Å²) in [6.45, 7) is 6.88. The van der Waals surface area contributed by atoms with Crippen molar-refractivity contribution in [3.63, 3.8) is 0 Å². The molecule has 1 atom stereocenters. The lowest BCUT2D eigenvalue weighted by atomic mass is 10.0. The van der Waals surface area contributed by atoms with E-state index in [9.17, 15) is 19.2 Å². The highest BCUT2D eigenvalue weighted by Gasteiger charge is 2.27. The van der Waals surface area contributed by atoms with Gasteiger partial charge in [0, 0.05) is 46.2 Å². The van der Waals surface area contributed by atoms with Gasteiger partial charge in [0.15, 0.2) is 11.2 Å². The van der Waals surface area contributed by atoms with Gasteiger partial charge in [0.05, 0.1) is 6.33 Å². The molecule has 11 nitrogen and oxygen atoms in total. The SMILES string of the molecule is Cn1c(=O)c2c(ncn2CCCC(=O)N2CCCCC2CNC(=O)OC(C)(C)C)n(C)c1=O. The summed E-state index contributed by atoms with van der Waals surface area (Å²) in [5.41, 5.74) is -0.717. The number of aromatic nitrogens is 4. The molecule has 1 saturated heterocycles. The van der Waals surface area contributed by atoms with Crippen molar-refractivity contribution in [2.24, 2.45) is 14.1 Å². The van der Waals surface area contributed by atoms with E-state index < -0.39 is 22.9 Å². The molecule has 182 valence electrons. The van der Waals surface area contributed by atoms with Crippen LogP contribution in [0.2, 0.25) is 0 Å². The Labute approximate surface area is 192 Å². The molecule has 0 saturated carbocycles. The highest BCUT2D eigenvalue weighted by Crippen LogP contribution is 2.19. The summed E-state index contributed by atoms with van der Waals surface area (Å²) < 4.78 is 9.38. The highest BCUT2D eigenvalue weighted by molar-refractivity contribution is 5.77. The Kier molecular flexibility index (Phi) is 7.28. The molecule has 1 fully saturated rings. The molecular formula is C22H34N6O5. The first kappa shape index (κ1) is 24.5. The lowest BCUT2D eigenvalue weighted by Crippen LogP contribution is -2.50. The second-order valence-electron chi connectivity index (χ2n) is 9.54. The normalized spacial score (nSPS) is 16.8. The van der Waals surface area contributed by atoms with Crippen LogP contribution in [-0.2, 0) is 30.2 Å². The van der Waals surface area contributed by atoms with E-state index >= 15 is 0 Å². The van der Waals surface area contributed by atoms with E-state index in [4.69, 9.17) is 4.74 Å². The number of likely N-dealkylation sites (tertiary alicyclic amines) is 1. The van der Waals surface area contributed by atoms with E-state index in [0.717, 1.165) is 23.8 Å². The van der Waals surface area contributed by atoms with Gasteiger partial charge in [0.1, 0.15) is 5.60 Å². The minimum absolute atomic E-state index is 0.0235. The molecule has 0 radical (unpaired) electrons. The number of rotatable bonds is 6. The summed E-state index contributed by atoms with van der Waals surface area (Å²) in [5.74, 6) is 0.0235. The second-order valence-corrected chi connectivity index (χ2v) is 9.54. The van der Waals surface area contributed by atoms with Crippen LogP contribution in [0.4, 0.5) is 4.79 Å². The predicted octanol–water partition coefficient (Wildman–Crippen LogP) is 1.12. The Morgan fingerprint density at radius 2 is 1.91 bits per heavy atom. The molecule has 0 aliphatic carbocycles. The van der Waals surface area contributed by atoms with Crippen LogP contribution in [0.3, 0.4) is 0 Å². The average Bonchev–Trinajstić information content (AvgIpc) is 3.18. The standard InChI is InChI=1S/C22H34N6O5/c1-22(2,3)33-20(31)23-13-15-9-6-7-12-28(15)16(29)10-8-11-27-14-24-18-17(27)19(30)26(5)21(32)25(18)4/h14-15H,6-13H2,1-5H3,(H,23,31). The molecule has 1 unspecified atom stereocenters. The van der Waals surface area contributed by atoms with Crippen LogP contribution < -0.4 is 16.6 Å². The summed E-state index contributed by atoms with van der Waals surface area (Å²) in [5, 5.41) is 2.78. The Hall–Kier alpha value is -3.11. The minimum atomic E-state index is -0.572. The van der Waals surface area contributed by atoms with Crippen LogP contribution in [0.15, 0.2) is 15.9 Å². The van der Waals surface area contributed by atoms with Gasteiger partial charge in [-0.15, -0.1) is 0 Å². The van der Waals surface area contributed by atoms with Gasteiger partial charge in [-0.1, -0.05) is 0 Å². The zero-order valence-electron chi connectivity index (χ0n) is 20.1. The van der Waals surface area contributed by atoms with Crippen molar-refractivity contribution < 1.29 is 14.3 Å². The first-order valence-electron chi connectivity index (χ1n) is 11.4. The maximum absolute atomic E-state index is 12.9. The number of alkyl carbamates (subject to hydrolysis) is 1. The monoisotopic (exact) mass is 462 g/mol. The quantitative estimate of drug-likeness (QED) is 0.687. The lowest BCUT2D eigenvalue weighted by Gasteiger charge is -2.36. The largest absolute Gasteiger partial charge is 0.444 e. The summed E-state index contributed by atoms with van der Waals surface area (Å²) in [7, 11) is 3.01. The molecular weight excluding hydrogens is 428 g/mol. The van der Waals surface area contributed by atoms with Crippen molar-refractivity contribution in [1.82, 2.24) is 28.9 Å². The molecule has 0 bridgehead atoms. The van der Waals surface area contributed by atoms with Gasteiger partial charge in [-0.3, -0.25) is 18.7 Å². The van der Waals surface area contributed by atoms with Gasteiger partial charge in [-0.05, 0) is 46.5 Å². The maximum atomic E-state index is 12.9. The number of piperidine rings is 1. The Morgan fingerprint density at radius 3 is 2.61 bits per heavy atom. The number of ether oxygens (including phenoxy) is 1. The van der Waals surface area contributed by atoms with Gasteiger partial charge in [0.2, 0.25) is 5.91 Å². The van der Waals surface area contributed by atoms with Crippen LogP contribution in [0, 0.1) is 0 Å². The molecule has 1 aliphatic heterocycles. The van der Waals surface area contributed by atoms with Crippen LogP contribution in [0.1, 0.15) is 52.9 Å². The number of fused-ring (bicyclic) bond motifs is 1. The zero-order chi connectivity index (χ0) is 24.3. The van der Waals surface area contributed by atoms with E-state index in [1.54, 1.807) is 11.6 Å². The molecule has 0 aromatic carbocycles. The van der Waals surface area contributed by atoms with E-state index in [1.165, 1.54) is 17.9 Å². The summed E-state index contributed by atoms with van der Waals surface area (Å²) in [6, 6.07) is -0.0605.